The lowest BCUT2D eigenvalue weighted by molar-refractivity contribution is 0.102. The molecule has 9 heteroatoms. The number of anilines is 1. The molecular formula is C21H13N7OS. The quantitative estimate of drug-likeness (QED) is 0.485. The molecule has 0 bridgehead atoms. The second kappa shape index (κ2) is 7.27. The molecule has 0 radical (unpaired) electrons. The number of nitriles is 1. The zero-order chi connectivity index (χ0) is 20.5. The first-order valence-corrected chi connectivity index (χ1v) is 9.86. The monoisotopic (exact) mass is 411 g/mol. The van der Waals surface area contributed by atoms with E-state index in [-0.39, 0.29) is 5.56 Å². The van der Waals surface area contributed by atoms with Crippen LogP contribution in [0.5, 0.6) is 0 Å². The fraction of sp³-hybridized carbons (Fsp3) is 0. The normalized spacial score (nSPS) is 10.8. The molecule has 30 heavy (non-hydrogen) atoms. The Hall–Kier alpha value is -4.29. The molecule has 4 heterocycles. The third kappa shape index (κ3) is 2.92. The predicted octanol–water partition coefficient (Wildman–Crippen LogP) is 3.77. The Balaban J connectivity index is 1.55. The summed E-state index contributed by atoms with van der Waals surface area (Å²) in [5.41, 5.74) is 2.57. The number of nitrogens with zero attached hydrogens (tertiary/aromatic N) is 6. The number of hydrogen-bond acceptors (Lipinski definition) is 6. The van der Waals surface area contributed by atoms with Crippen molar-refractivity contribution < 1.29 is 4.79 Å². The van der Waals surface area contributed by atoms with Gasteiger partial charge >= 0.3 is 0 Å². The molecule has 0 saturated heterocycles. The van der Waals surface area contributed by atoms with Crippen LogP contribution in [0.3, 0.4) is 0 Å². The third-order valence-electron chi connectivity index (χ3n) is 4.54. The summed E-state index contributed by atoms with van der Waals surface area (Å²) in [6.45, 7) is 0. The molecule has 0 fully saturated rings. The van der Waals surface area contributed by atoms with E-state index in [1.54, 1.807) is 22.0 Å². The standard InChI is InChI=1S/C21H13N7OS/c22-11-14-12-24-27(15-5-2-1-3-6-15)19(14)26-21(29)16-13-25-28-17(8-9-23-20(16)28)18-7-4-10-30-18/h1-10,12-13H,(H,26,29). The largest absolute Gasteiger partial charge is 0.305 e. The minimum atomic E-state index is -0.421. The van der Waals surface area contributed by atoms with Crippen molar-refractivity contribution in [1.29, 1.82) is 5.26 Å². The highest BCUT2D eigenvalue weighted by Gasteiger charge is 2.20. The minimum absolute atomic E-state index is 0.260. The van der Waals surface area contributed by atoms with Crippen LogP contribution in [0, 0.1) is 11.3 Å². The molecular weight excluding hydrogens is 398 g/mol. The Labute approximate surface area is 174 Å². The fourth-order valence-corrected chi connectivity index (χ4v) is 3.89. The lowest BCUT2D eigenvalue weighted by Crippen LogP contribution is -2.16. The summed E-state index contributed by atoms with van der Waals surface area (Å²) in [7, 11) is 0. The van der Waals surface area contributed by atoms with E-state index in [1.807, 2.05) is 53.9 Å². The minimum Gasteiger partial charge on any atom is -0.305 e. The van der Waals surface area contributed by atoms with Gasteiger partial charge in [-0.1, -0.05) is 24.3 Å². The molecule has 1 N–H and O–H groups in total. The number of amides is 1. The summed E-state index contributed by atoms with van der Waals surface area (Å²) < 4.78 is 3.16. The van der Waals surface area contributed by atoms with Gasteiger partial charge in [0, 0.05) is 6.20 Å². The predicted molar refractivity (Wildman–Crippen MR) is 113 cm³/mol. The maximum atomic E-state index is 13.1. The molecule has 4 aromatic heterocycles. The first-order chi connectivity index (χ1) is 14.8. The van der Waals surface area contributed by atoms with E-state index in [0.29, 0.717) is 17.0 Å². The number of aromatic nitrogens is 5. The van der Waals surface area contributed by atoms with Crippen LogP contribution in [-0.2, 0) is 0 Å². The molecule has 8 nitrogen and oxygen atoms in total. The van der Waals surface area contributed by atoms with Gasteiger partial charge in [0.15, 0.2) is 11.5 Å². The van der Waals surface area contributed by atoms with Crippen molar-refractivity contribution in [3.8, 4) is 22.3 Å². The van der Waals surface area contributed by atoms with Crippen LogP contribution in [0.1, 0.15) is 15.9 Å². The van der Waals surface area contributed by atoms with Gasteiger partial charge in [-0.15, -0.1) is 11.3 Å². The van der Waals surface area contributed by atoms with Crippen molar-refractivity contribution in [2.75, 3.05) is 5.32 Å². The maximum absolute atomic E-state index is 13.1. The SMILES string of the molecule is N#Cc1cnn(-c2ccccc2)c1NC(=O)c1cnn2c(-c3cccs3)ccnc12. The Bertz CT molecular complexity index is 1390. The highest BCUT2D eigenvalue weighted by Crippen LogP contribution is 2.26. The topological polar surface area (TPSA) is 101 Å². The molecule has 0 aliphatic heterocycles. The van der Waals surface area contributed by atoms with Gasteiger partial charge in [0.05, 0.1) is 28.7 Å². The van der Waals surface area contributed by atoms with Crippen LogP contribution in [0.4, 0.5) is 5.82 Å². The van der Waals surface area contributed by atoms with Crippen molar-refractivity contribution in [3.63, 3.8) is 0 Å². The Kier molecular flexibility index (Phi) is 4.31. The van der Waals surface area contributed by atoms with Crippen molar-refractivity contribution in [3.05, 3.63) is 83.6 Å². The number of carbonyl (C=O) groups is 1. The average molecular weight is 411 g/mol. The first kappa shape index (κ1) is 17.8. The summed E-state index contributed by atoms with van der Waals surface area (Å²) in [5, 5.41) is 22.8. The number of rotatable bonds is 4. The molecule has 1 aromatic carbocycles. The second-order valence-electron chi connectivity index (χ2n) is 6.32. The maximum Gasteiger partial charge on any atom is 0.262 e. The zero-order valence-corrected chi connectivity index (χ0v) is 16.2. The number of fused-ring (bicyclic) bond motifs is 1. The third-order valence-corrected chi connectivity index (χ3v) is 5.43. The van der Waals surface area contributed by atoms with E-state index in [0.717, 1.165) is 16.3 Å². The molecule has 0 atom stereocenters. The van der Waals surface area contributed by atoms with Crippen molar-refractivity contribution >= 4 is 28.7 Å². The van der Waals surface area contributed by atoms with E-state index < -0.39 is 5.91 Å². The van der Waals surface area contributed by atoms with Crippen molar-refractivity contribution in [1.82, 2.24) is 24.4 Å². The average Bonchev–Trinajstić information content (AvgIpc) is 3.53. The van der Waals surface area contributed by atoms with E-state index >= 15 is 0 Å². The highest BCUT2D eigenvalue weighted by atomic mass is 32.1. The van der Waals surface area contributed by atoms with Crippen LogP contribution in [-0.4, -0.2) is 30.3 Å². The van der Waals surface area contributed by atoms with Gasteiger partial charge in [-0.3, -0.25) is 4.79 Å². The number of nitrogens with one attached hydrogen (secondary N) is 1. The number of benzene rings is 1. The number of carbonyl (C=O) groups excluding carboxylic acids is 1. The Morgan fingerprint density at radius 3 is 2.70 bits per heavy atom. The van der Waals surface area contributed by atoms with E-state index in [1.165, 1.54) is 17.1 Å². The van der Waals surface area contributed by atoms with E-state index in [4.69, 9.17) is 0 Å². The van der Waals surface area contributed by atoms with Gasteiger partial charge in [-0.25, -0.2) is 14.2 Å². The molecule has 5 rings (SSSR count). The smallest absolute Gasteiger partial charge is 0.262 e. The molecule has 0 aliphatic carbocycles. The molecule has 0 saturated carbocycles. The van der Waals surface area contributed by atoms with Gasteiger partial charge in [0.2, 0.25) is 0 Å². The van der Waals surface area contributed by atoms with Crippen LogP contribution in [0.25, 0.3) is 21.9 Å². The molecule has 144 valence electrons. The highest BCUT2D eigenvalue weighted by molar-refractivity contribution is 7.13. The van der Waals surface area contributed by atoms with Crippen molar-refractivity contribution in [2.24, 2.45) is 0 Å². The Morgan fingerprint density at radius 1 is 1.07 bits per heavy atom. The molecule has 5 aromatic rings. The first-order valence-electron chi connectivity index (χ1n) is 8.98. The van der Waals surface area contributed by atoms with E-state index in [2.05, 4.69) is 26.6 Å². The van der Waals surface area contributed by atoms with Crippen LogP contribution in [0.15, 0.2) is 72.5 Å². The molecule has 0 spiro atoms. The van der Waals surface area contributed by atoms with Crippen LogP contribution in [0.2, 0.25) is 0 Å². The van der Waals surface area contributed by atoms with Gasteiger partial charge in [-0.05, 0) is 29.6 Å². The summed E-state index contributed by atoms with van der Waals surface area (Å²) in [5.74, 6) is -0.127. The van der Waals surface area contributed by atoms with Crippen LogP contribution < -0.4 is 5.32 Å². The second-order valence-corrected chi connectivity index (χ2v) is 7.27. The van der Waals surface area contributed by atoms with Crippen molar-refractivity contribution in [2.45, 2.75) is 0 Å². The summed E-state index contributed by atoms with van der Waals surface area (Å²) in [6, 6.07) is 17.1. The van der Waals surface area contributed by atoms with Gasteiger partial charge in [-0.2, -0.15) is 15.5 Å². The summed E-state index contributed by atoms with van der Waals surface area (Å²) >= 11 is 1.58. The Morgan fingerprint density at radius 2 is 1.93 bits per heavy atom. The lowest BCUT2D eigenvalue weighted by Gasteiger charge is -2.09. The molecule has 0 unspecified atom stereocenters. The van der Waals surface area contributed by atoms with Gasteiger partial charge < -0.3 is 5.32 Å². The number of para-hydroxylation sites is 1. The number of thiophene rings is 1. The summed E-state index contributed by atoms with van der Waals surface area (Å²) in [6.07, 6.45) is 4.55. The zero-order valence-electron chi connectivity index (χ0n) is 15.4. The van der Waals surface area contributed by atoms with Gasteiger partial charge in [0.25, 0.3) is 5.91 Å². The lowest BCUT2D eigenvalue weighted by atomic mass is 10.2. The van der Waals surface area contributed by atoms with E-state index in [9.17, 15) is 10.1 Å². The number of hydrogen-bond donors (Lipinski definition) is 1. The molecule has 0 aliphatic rings. The fourth-order valence-electron chi connectivity index (χ4n) is 3.15. The summed E-state index contributed by atoms with van der Waals surface area (Å²) in [4.78, 5) is 18.4. The van der Waals surface area contributed by atoms with Crippen LogP contribution >= 0.6 is 11.3 Å². The van der Waals surface area contributed by atoms with Gasteiger partial charge in [0.1, 0.15) is 17.2 Å². The molecule has 1 amide bonds.